The zero-order chi connectivity index (χ0) is 21.3. The van der Waals surface area contributed by atoms with E-state index in [0.717, 1.165) is 34.9 Å². The number of nitrogens with zero attached hydrogens (tertiary/aromatic N) is 2. The van der Waals surface area contributed by atoms with Gasteiger partial charge in [-0.15, -0.1) is 0 Å². The van der Waals surface area contributed by atoms with E-state index in [1.165, 1.54) is 6.07 Å². The van der Waals surface area contributed by atoms with Crippen molar-refractivity contribution < 1.29 is 13.9 Å². The van der Waals surface area contributed by atoms with Crippen molar-refractivity contribution in [3.63, 3.8) is 0 Å². The van der Waals surface area contributed by atoms with Gasteiger partial charge in [0.25, 0.3) is 5.91 Å². The molecule has 1 aliphatic carbocycles. The molecule has 1 aromatic carbocycles. The van der Waals surface area contributed by atoms with Crippen molar-refractivity contribution in [1.29, 1.82) is 0 Å². The van der Waals surface area contributed by atoms with Crippen LogP contribution < -0.4 is 10.4 Å². The number of aryl methyl sites for hydroxylation is 2. The Bertz CT molecular complexity index is 1120. The van der Waals surface area contributed by atoms with E-state index in [1.54, 1.807) is 19.3 Å². The highest BCUT2D eigenvalue weighted by molar-refractivity contribution is 5.88. The highest BCUT2D eigenvalue weighted by atomic mass is 16.5. The lowest BCUT2D eigenvalue weighted by Crippen LogP contribution is -2.41. The highest BCUT2D eigenvalue weighted by Crippen LogP contribution is 2.33. The molecular weight excluding hydrogens is 380 g/mol. The number of hydrogen-bond donors (Lipinski definition) is 0. The molecule has 6 nitrogen and oxygen atoms in total. The molecule has 4 rings (SSSR count). The molecule has 1 unspecified atom stereocenters. The predicted molar refractivity (Wildman–Crippen MR) is 114 cm³/mol. The number of hydrogen-bond acceptors (Lipinski definition) is 5. The van der Waals surface area contributed by atoms with Gasteiger partial charge in [0.2, 0.25) is 0 Å². The van der Waals surface area contributed by atoms with Crippen LogP contribution in [0.2, 0.25) is 0 Å². The predicted octanol–water partition coefficient (Wildman–Crippen LogP) is 4.02. The monoisotopic (exact) mass is 406 g/mol. The Morgan fingerprint density at radius 1 is 1.33 bits per heavy atom. The Labute approximate surface area is 175 Å². The van der Waals surface area contributed by atoms with Crippen molar-refractivity contribution >= 4 is 16.9 Å². The number of pyridine rings is 1. The van der Waals surface area contributed by atoms with Crippen molar-refractivity contribution in [3.8, 4) is 5.75 Å². The van der Waals surface area contributed by atoms with Gasteiger partial charge in [0.05, 0.1) is 5.39 Å². The van der Waals surface area contributed by atoms with Gasteiger partial charge in [-0.05, 0) is 68.0 Å². The van der Waals surface area contributed by atoms with Crippen LogP contribution >= 0.6 is 0 Å². The third-order valence-corrected chi connectivity index (χ3v) is 5.41. The lowest BCUT2D eigenvalue weighted by atomic mass is 10.0. The third kappa shape index (κ3) is 4.22. The largest absolute Gasteiger partial charge is 0.480 e. The van der Waals surface area contributed by atoms with Crippen LogP contribution in [0.5, 0.6) is 5.75 Å². The molecule has 2 aromatic heterocycles. The molecule has 1 saturated carbocycles. The fraction of sp³-hybridized carbons (Fsp3) is 0.375. The Balaban J connectivity index is 1.62. The summed E-state index contributed by atoms with van der Waals surface area (Å²) in [5.41, 5.74) is 2.87. The summed E-state index contributed by atoms with van der Waals surface area (Å²) < 4.78 is 11.6. The minimum absolute atomic E-state index is 0.0496. The second-order valence-electron chi connectivity index (χ2n) is 7.90. The van der Waals surface area contributed by atoms with Crippen molar-refractivity contribution in [3.05, 3.63) is 69.8 Å². The number of fused-ring (bicyclic) bond motifs is 1. The molecule has 0 aliphatic heterocycles. The van der Waals surface area contributed by atoms with Crippen LogP contribution in [0.1, 0.15) is 43.4 Å². The van der Waals surface area contributed by atoms with Crippen LogP contribution in [0.25, 0.3) is 11.0 Å². The van der Waals surface area contributed by atoms with E-state index in [1.807, 2.05) is 43.0 Å². The van der Waals surface area contributed by atoms with Crippen LogP contribution in [-0.2, 0) is 17.8 Å². The molecule has 1 amide bonds. The van der Waals surface area contributed by atoms with Gasteiger partial charge in [-0.2, -0.15) is 0 Å². The number of carbonyl (C=O) groups is 1. The summed E-state index contributed by atoms with van der Waals surface area (Å²) in [6.45, 7) is 6.19. The van der Waals surface area contributed by atoms with Gasteiger partial charge in [0.1, 0.15) is 11.3 Å². The average Bonchev–Trinajstić information content (AvgIpc) is 3.56. The summed E-state index contributed by atoms with van der Waals surface area (Å²) in [5.74, 6) is 0.523. The zero-order valence-electron chi connectivity index (χ0n) is 17.6. The van der Waals surface area contributed by atoms with Crippen LogP contribution in [0.3, 0.4) is 0 Å². The first-order valence-electron chi connectivity index (χ1n) is 10.4. The second-order valence-corrected chi connectivity index (χ2v) is 7.90. The van der Waals surface area contributed by atoms with Gasteiger partial charge < -0.3 is 14.1 Å². The molecule has 0 N–H and O–H groups in total. The standard InChI is InChI=1S/C24H26N2O4/c1-4-18-12-22(27)30-21-11-15(2)10-20(23(18)21)29-16(3)24(28)26(19-7-8-19)14-17-6-5-9-25-13-17/h5-6,9-13,16,19H,4,7-8,14H2,1-3H3. The SMILES string of the molecule is CCc1cc(=O)oc2cc(C)cc(OC(C)C(=O)N(Cc3cccnc3)C3CC3)c12. The summed E-state index contributed by atoms with van der Waals surface area (Å²) in [4.78, 5) is 31.2. The van der Waals surface area contributed by atoms with E-state index in [0.29, 0.717) is 24.3 Å². The van der Waals surface area contributed by atoms with Gasteiger partial charge in [0, 0.05) is 31.0 Å². The first-order valence-corrected chi connectivity index (χ1v) is 10.4. The lowest BCUT2D eigenvalue weighted by Gasteiger charge is -2.26. The number of benzene rings is 1. The molecule has 156 valence electrons. The van der Waals surface area contributed by atoms with Gasteiger partial charge in [-0.25, -0.2) is 4.79 Å². The van der Waals surface area contributed by atoms with Crippen molar-refractivity contribution in [2.45, 2.75) is 58.7 Å². The van der Waals surface area contributed by atoms with E-state index in [2.05, 4.69) is 4.98 Å². The number of aromatic nitrogens is 1. The van der Waals surface area contributed by atoms with Crippen LogP contribution in [-0.4, -0.2) is 27.9 Å². The number of amides is 1. The van der Waals surface area contributed by atoms with E-state index < -0.39 is 6.10 Å². The van der Waals surface area contributed by atoms with Gasteiger partial charge in [0.15, 0.2) is 6.10 Å². The summed E-state index contributed by atoms with van der Waals surface area (Å²) in [5, 5.41) is 0.757. The molecule has 3 aromatic rings. The minimum atomic E-state index is -0.663. The third-order valence-electron chi connectivity index (χ3n) is 5.41. The van der Waals surface area contributed by atoms with Crippen LogP contribution in [0.4, 0.5) is 0 Å². The molecule has 1 atom stereocenters. The molecule has 0 saturated heterocycles. The highest BCUT2D eigenvalue weighted by Gasteiger charge is 2.35. The lowest BCUT2D eigenvalue weighted by molar-refractivity contribution is -0.139. The van der Waals surface area contributed by atoms with Crippen molar-refractivity contribution in [2.75, 3.05) is 0 Å². The van der Waals surface area contributed by atoms with Crippen LogP contribution in [0, 0.1) is 6.92 Å². The van der Waals surface area contributed by atoms with Crippen molar-refractivity contribution in [2.24, 2.45) is 0 Å². The van der Waals surface area contributed by atoms with Gasteiger partial charge >= 0.3 is 5.63 Å². The average molecular weight is 406 g/mol. The first-order chi connectivity index (χ1) is 14.5. The number of ether oxygens (including phenoxy) is 1. The Kier molecular flexibility index (Phi) is 5.57. The smallest absolute Gasteiger partial charge is 0.336 e. The van der Waals surface area contributed by atoms with E-state index >= 15 is 0 Å². The summed E-state index contributed by atoms with van der Waals surface area (Å²) in [6, 6.07) is 9.33. The fourth-order valence-electron chi connectivity index (χ4n) is 3.78. The quantitative estimate of drug-likeness (QED) is 0.554. The topological polar surface area (TPSA) is 72.6 Å². The first kappa shape index (κ1) is 20.1. The maximum atomic E-state index is 13.3. The van der Waals surface area contributed by atoms with E-state index in [-0.39, 0.29) is 17.6 Å². The Morgan fingerprint density at radius 2 is 2.13 bits per heavy atom. The zero-order valence-corrected chi connectivity index (χ0v) is 17.6. The molecule has 6 heteroatoms. The molecule has 1 fully saturated rings. The van der Waals surface area contributed by atoms with Crippen LogP contribution in [0.15, 0.2) is 51.9 Å². The minimum Gasteiger partial charge on any atom is -0.480 e. The maximum Gasteiger partial charge on any atom is 0.336 e. The molecule has 30 heavy (non-hydrogen) atoms. The normalized spacial score (nSPS) is 14.5. The Morgan fingerprint density at radius 3 is 2.80 bits per heavy atom. The summed E-state index contributed by atoms with van der Waals surface area (Å²) >= 11 is 0. The molecular formula is C24H26N2O4. The van der Waals surface area contributed by atoms with Crippen molar-refractivity contribution in [1.82, 2.24) is 9.88 Å². The van der Waals surface area contributed by atoms with E-state index in [9.17, 15) is 9.59 Å². The molecule has 2 heterocycles. The summed E-state index contributed by atoms with van der Waals surface area (Å²) in [6.07, 6.45) is 5.54. The number of carbonyl (C=O) groups excluding carboxylic acids is 1. The molecule has 0 radical (unpaired) electrons. The fourth-order valence-corrected chi connectivity index (χ4v) is 3.78. The van der Waals surface area contributed by atoms with E-state index in [4.69, 9.17) is 9.15 Å². The summed E-state index contributed by atoms with van der Waals surface area (Å²) in [7, 11) is 0. The van der Waals surface area contributed by atoms with Gasteiger partial charge in [-0.1, -0.05) is 13.0 Å². The molecule has 0 spiro atoms. The number of rotatable bonds is 7. The van der Waals surface area contributed by atoms with Gasteiger partial charge in [-0.3, -0.25) is 9.78 Å². The maximum absolute atomic E-state index is 13.3. The Hall–Kier alpha value is -3.15. The second kappa shape index (κ2) is 8.30. The molecule has 0 bridgehead atoms. The molecule has 1 aliphatic rings.